The van der Waals surface area contributed by atoms with E-state index in [2.05, 4.69) is 15.3 Å². The van der Waals surface area contributed by atoms with Crippen LogP contribution in [0.5, 0.6) is 0 Å². The lowest BCUT2D eigenvalue weighted by atomic mass is 10.1. The van der Waals surface area contributed by atoms with Crippen molar-refractivity contribution in [2.45, 2.75) is 24.6 Å². The molecule has 3 heterocycles. The molecule has 4 rings (SSSR count). The zero-order valence-corrected chi connectivity index (χ0v) is 16.7. The Balaban J connectivity index is 1.57. The number of carbonyl (C=O) groups excluding carboxylic acids is 1. The van der Waals surface area contributed by atoms with Gasteiger partial charge in [-0.2, -0.15) is 13.2 Å². The number of amides is 1. The van der Waals surface area contributed by atoms with Crippen LogP contribution >= 0.6 is 0 Å². The smallest absolute Gasteiger partial charge is 0.350 e. The summed E-state index contributed by atoms with van der Waals surface area (Å²) in [6.07, 6.45) is -2.34. The maximum Gasteiger partial charge on any atom is 0.433 e. The zero-order valence-electron chi connectivity index (χ0n) is 16.7. The largest absolute Gasteiger partial charge is 0.433 e. The van der Waals surface area contributed by atoms with Crippen molar-refractivity contribution in [2.75, 3.05) is 19.6 Å². The second-order valence-electron chi connectivity index (χ2n) is 7.65. The van der Waals surface area contributed by atoms with Gasteiger partial charge in [-0.3, -0.25) is 19.7 Å². The number of nitrogens with zero attached hydrogens (tertiary/aromatic N) is 3. The van der Waals surface area contributed by atoms with Gasteiger partial charge >= 0.3 is 6.18 Å². The third-order valence-electron chi connectivity index (χ3n) is 5.45. The minimum atomic E-state index is -4.61. The molecule has 1 aliphatic heterocycles. The zero-order chi connectivity index (χ0) is 22.9. The quantitative estimate of drug-likeness (QED) is 0.584. The average molecular weight is 450 g/mol. The Morgan fingerprint density at radius 3 is 2.59 bits per heavy atom. The molecule has 168 valence electrons. The number of aromatic nitrogens is 2. The number of carbonyl (C=O) groups is 1. The van der Waals surface area contributed by atoms with Crippen molar-refractivity contribution < 1.29 is 26.7 Å². The Morgan fingerprint density at radius 1 is 1.12 bits per heavy atom. The molecule has 0 bridgehead atoms. The van der Waals surface area contributed by atoms with Crippen molar-refractivity contribution in [1.29, 1.82) is 0 Å². The Labute approximate surface area is 180 Å². The van der Waals surface area contributed by atoms with Crippen LogP contribution < -0.4 is 5.32 Å². The van der Waals surface area contributed by atoms with E-state index in [1.54, 1.807) is 36.5 Å². The van der Waals surface area contributed by atoms with Crippen LogP contribution in [0.1, 0.15) is 34.1 Å². The number of halogens is 5. The molecule has 1 amide bonds. The summed E-state index contributed by atoms with van der Waals surface area (Å²) < 4.78 is 66.2. The third-order valence-corrected chi connectivity index (χ3v) is 5.45. The molecule has 0 saturated carbocycles. The molecular weight excluding hydrogens is 431 g/mol. The van der Waals surface area contributed by atoms with E-state index in [-0.39, 0.29) is 19.5 Å². The molecule has 1 aromatic carbocycles. The predicted molar refractivity (Wildman–Crippen MR) is 107 cm³/mol. The van der Waals surface area contributed by atoms with Gasteiger partial charge in [-0.25, -0.2) is 8.78 Å². The van der Waals surface area contributed by atoms with Crippen LogP contribution in [0, 0.1) is 0 Å². The Morgan fingerprint density at radius 2 is 1.94 bits per heavy atom. The molecule has 32 heavy (non-hydrogen) atoms. The van der Waals surface area contributed by atoms with Gasteiger partial charge in [0.1, 0.15) is 5.69 Å². The molecule has 5 nitrogen and oxygen atoms in total. The van der Waals surface area contributed by atoms with E-state index >= 15 is 0 Å². The summed E-state index contributed by atoms with van der Waals surface area (Å²) in [5, 5.41) is 3.37. The average Bonchev–Trinajstić information content (AvgIpc) is 3.12. The SMILES string of the molecule is O=C(NCC(c1ccc(C(F)(F)F)nc1)N1CCC(F)(F)C1)c1cccc2ncccc12. The first-order chi connectivity index (χ1) is 15.1. The van der Waals surface area contributed by atoms with Crippen molar-refractivity contribution in [1.82, 2.24) is 20.2 Å². The molecular formula is C22H19F5N4O. The summed E-state index contributed by atoms with van der Waals surface area (Å²) in [5.41, 5.74) is 0.240. The van der Waals surface area contributed by atoms with Crippen LogP contribution in [0.2, 0.25) is 0 Å². The van der Waals surface area contributed by atoms with Crippen molar-refractivity contribution in [3.8, 4) is 0 Å². The number of fused-ring (bicyclic) bond motifs is 1. The third kappa shape index (κ3) is 4.69. The van der Waals surface area contributed by atoms with Crippen LogP contribution in [0.25, 0.3) is 10.9 Å². The normalized spacial score (nSPS) is 17.4. The first kappa shape index (κ1) is 22.1. The van der Waals surface area contributed by atoms with Crippen LogP contribution in [0.3, 0.4) is 0 Å². The topological polar surface area (TPSA) is 58.1 Å². The summed E-state index contributed by atoms with van der Waals surface area (Å²) in [7, 11) is 0. The van der Waals surface area contributed by atoms with E-state index in [0.717, 1.165) is 12.3 Å². The van der Waals surface area contributed by atoms with Gasteiger partial charge in [0.05, 0.1) is 18.1 Å². The van der Waals surface area contributed by atoms with Crippen LogP contribution in [-0.4, -0.2) is 46.3 Å². The first-order valence-corrected chi connectivity index (χ1v) is 9.91. The number of likely N-dealkylation sites (tertiary alicyclic amines) is 1. The van der Waals surface area contributed by atoms with Crippen molar-refractivity contribution in [2.24, 2.45) is 0 Å². The van der Waals surface area contributed by atoms with E-state index < -0.39 is 36.3 Å². The summed E-state index contributed by atoms with van der Waals surface area (Å²) >= 11 is 0. The molecule has 1 unspecified atom stereocenters. The molecule has 1 atom stereocenters. The van der Waals surface area contributed by atoms with Crippen molar-refractivity contribution in [3.05, 3.63) is 71.7 Å². The van der Waals surface area contributed by atoms with Gasteiger partial charge in [0, 0.05) is 42.9 Å². The molecule has 0 radical (unpaired) electrons. The highest BCUT2D eigenvalue weighted by molar-refractivity contribution is 6.06. The van der Waals surface area contributed by atoms with Crippen molar-refractivity contribution in [3.63, 3.8) is 0 Å². The highest BCUT2D eigenvalue weighted by atomic mass is 19.4. The lowest BCUT2D eigenvalue weighted by Crippen LogP contribution is -2.38. The molecule has 1 aliphatic rings. The Kier molecular flexibility index (Phi) is 5.81. The van der Waals surface area contributed by atoms with Gasteiger partial charge in [0.25, 0.3) is 11.8 Å². The number of nitrogens with one attached hydrogen (secondary N) is 1. The van der Waals surface area contributed by atoms with Gasteiger partial charge in [0.2, 0.25) is 0 Å². The highest BCUT2D eigenvalue weighted by Crippen LogP contribution is 2.34. The number of alkyl halides is 5. The molecule has 2 aromatic heterocycles. The minimum absolute atomic E-state index is 0.0484. The molecule has 1 N–H and O–H groups in total. The van der Waals surface area contributed by atoms with Crippen LogP contribution in [0.15, 0.2) is 54.9 Å². The maximum atomic E-state index is 13.8. The van der Waals surface area contributed by atoms with E-state index in [9.17, 15) is 26.7 Å². The second kappa shape index (κ2) is 8.42. The Bertz CT molecular complexity index is 1110. The molecule has 0 spiro atoms. The maximum absolute atomic E-state index is 13.8. The number of hydrogen-bond donors (Lipinski definition) is 1. The van der Waals surface area contributed by atoms with E-state index in [0.29, 0.717) is 22.0 Å². The van der Waals surface area contributed by atoms with Crippen LogP contribution in [-0.2, 0) is 6.18 Å². The summed E-state index contributed by atoms with van der Waals surface area (Å²) in [5.74, 6) is -3.33. The van der Waals surface area contributed by atoms with Crippen molar-refractivity contribution >= 4 is 16.8 Å². The van der Waals surface area contributed by atoms with E-state index in [4.69, 9.17) is 0 Å². The summed E-state index contributed by atoms with van der Waals surface area (Å²) in [6.45, 7) is -0.571. The van der Waals surface area contributed by atoms with Gasteiger partial charge in [-0.1, -0.05) is 18.2 Å². The fraction of sp³-hybridized carbons (Fsp3) is 0.318. The number of hydrogen-bond acceptors (Lipinski definition) is 4. The molecule has 3 aromatic rings. The second-order valence-corrected chi connectivity index (χ2v) is 7.65. The Hall–Kier alpha value is -3.14. The van der Waals surface area contributed by atoms with E-state index in [1.165, 1.54) is 11.0 Å². The standard InChI is InChI=1S/C22H19F5N4O/c23-21(24)8-10-31(13-21)18(14-6-7-19(29-11-14)22(25,26)27)12-30-20(32)16-3-1-5-17-15(16)4-2-9-28-17/h1-7,9,11,18H,8,10,12-13H2,(H,30,32). The molecule has 0 aliphatic carbocycles. The minimum Gasteiger partial charge on any atom is -0.350 e. The van der Waals surface area contributed by atoms with Gasteiger partial charge < -0.3 is 5.32 Å². The van der Waals surface area contributed by atoms with Gasteiger partial charge in [0.15, 0.2) is 0 Å². The monoisotopic (exact) mass is 450 g/mol. The number of pyridine rings is 2. The molecule has 1 saturated heterocycles. The lowest BCUT2D eigenvalue weighted by molar-refractivity contribution is -0.141. The first-order valence-electron chi connectivity index (χ1n) is 9.91. The number of rotatable bonds is 5. The lowest BCUT2D eigenvalue weighted by Gasteiger charge is -2.28. The summed E-state index contributed by atoms with van der Waals surface area (Å²) in [6, 6.07) is 9.78. The van der Waals surface area contributed by atoms with E-state index in [1.807, 2.05) is 0 Å². The molecule has 1 fully saturated rings. The van der Waals surface area contributed by atoms with Gasteiger partial charge in [-0.15, -0.1) is 0 Å². The summed E-state index contributed by atoms with van der Waals surface area (Å²) in [4.78, 5) is 22.0. The highest BCUT2D eigenvalue weighted by Gasteiger charge is 2.41. The predicted octanol–water partition coefficient (Wildman–Crippen LogP) is 4.46. The number of benzene rings is 1. The fourth-order valence-corrected chi connectivity index (χ4v) is 3.84. The molecule has 10 heteroatoms. The van der Waals surface area contributed by atoms with Gasteiger partial charge in [-0.05, 0) is 29.8 Å². The van der Waals surface area contributed by atoms with Crippen LogP contribution in [0.4, 0.5) is 22.0 Å². The fourth-order valence-electron chi connectivity index (χ4n) is 3.84.